The summed E-state index contributed by atoms with van der Waals surface area (Å²) >= 11 is 6.27. The van der Waals surface area contributed by atoms with Gasteiger partial charge in [-0.25, -0.2) is 9.38 Å². The van der Waals surface area contributed by atoms with Gasteiger partial charge < -0.3 is 11.1 Å². The quantitative estimate of drug-likeness (QED) is 0.671. The molecule has 8 heteroatoms. The SMILES string of the molecule is CC(NC(=O)c1cc(CN2C(=O)CC(C)(C(C)C)N=C2N)ccc1Cl)c1ccc(F)cc1. The summed E-state index contributed by atoms with van der Waals surface area (Å²) in [6.07, 6.45) is 0.265. The van der Waals surface area contributed by atoms with Gasteiger partial charge in [-0.1, -0.05) is 43.6 Å². The van der Waals surface area contributed by atoms with Gasteiger partial charge in [-0.15, -0.1) is 0 Å². The van der Waals surface area contributed by atoms with Gasteiger partial charge in [-0.05, 0) is 55.2 Å². The normalized spacial score (nSPS) is 19.7. The Morgan fingerprint density at radius 3 is 2.50 bits per heavy atom. The van der Waals surface area contributed by atoms with Crippen LogP contribution in [0.4, 0.5) is 4.39 Å². The first kappa shape index (κ1) is 23.7. The zero-order chi connectivity index (χ0) is 23.6. The standard InChI is InChI=1S/C24H28ClFN4O2/c1-14(2)24(4)12-21(31)30(23(27)29-24)13-16-5-10-20(25)19(11-16)22(32)28-15(3)17-6-8-18(26)9-7-17/h5-11,14-15H,12-13H2,1-4H3,(H2,27,29)(H,28,32). The lowest BCUT2D eigenvalue weighted by atomic mass is 9.84. The Labute approximate surface area is 192 Å². The minimum Gasteiger partial charge on any atom is -0.369 e. The molecule has 6 nitrogen and oxygen atoms in total. The molecule has 0 radical (unpaired) electrons. The molecule has 3 rings (SSSR count). The van der Waals surface area contributed by atoms with Crippen molar-refractivity contribution < 1.29 is 14.0 Å². The summed E-state index contributed by atoms with van der Waals surface area (Å²) in [7, 11) is 0. The smallest absolute Gasteiger partial charge is 0.253 e. The van der Waals surface area contributed by atoms with Crippen LogP contribution in [0.5, 0.6) is 0 Å². The van der Waals surface area contributed by atoms with E-state index < -0.39 is 5.54 Å². The Morgan fingerprint density at radius 1 is 1.25 bits per heavy atom. The molecule has 0 spiro atoms. The number of aliphatic imine (C=N–C) groups is 1. The van der Waals surface area contributed by atoms with Crippen molar-refractivity contribution in [2.24, 2.45) is 16.6 Å². The summed E-state index contributed by atoms with van der Waals surface area (Å²) in [5.74, 6) is -0.483. The molecule has 1 aliphatic heterocycles. The highest BCUT2D eigenvalue weighted by Crippen LogP contribution is 2.30. The second-order valence-corrected chi connectivity index (χ2v) is 9.11. The third kappa shape index (κ3) is 5.10. The van der Waals surface area contributed by atoms with Crippen LogP contribution in [-0.2, 0) is 11.3 Å². The maximum absolute atomic E-state index is 13.2. The molecule has 2 aromatic carbocycles. The van der Waals surface area contributed by atoms with Crippen LogP contribution in [0.3, 0.4) is 0 Å². The van der Waals surface area contributed by atoms with E-state index in [2.05, 4.69) is 10.3 Å². The third-order valence-corrected chi connectivity index (χ3v) is 6.36. The van der Waals surface area contributed by atoms with Crippen LogP contribution in [-0.4, -0.2) is 28.2 Å². The predicted molar refractivity (Wildman–Crippen MR) is 124 cm³/mol. The number of nitrogens with two attached hydrogens (primary N) is 1. The van der Waals surface area contributed by atoms with Crippen molar-refractivity contribution in [3.05, 3.63) is 70.0 Å². The first-order valence-electron chi connectivity index (χ1n) is 10.5. The first-order chi connectivity index (χ1) is 15.0. The molecule has 3 N–H and O–H groups in total. The van der Waals surface area contributed by atoms with Crippen LogP contribution < -0.4 is 11.1 Å². The fraction of sp³-hybridized carbons (Fsp3) is 0.375. The van der Waals surface area contributed by atoms with Crippen LogP contribution in [0, 0.1) is 11.7 Å². The second kappa shape index (κ2) is 9.28. The molecule has 2 unspecified atom stereocenters. The molecule has 2 aromatic rings. The molecule has 0 saturated heterocycles. The van der Waals surface area contributed by atoms with Crippen LogP contribution >= 0.6 is 11.6 Å². The molecule has 0 fully saturated rings. The number of hydrogen-bond donors (Lipinski definition) is 2. The van der Waals surface area contributed by atoms with E-state index in [1.807, 2.05) is 20.8 Å². The highest BCUT2D eigenvalue weighted by molar-refractivity contribution is 6.33. The summed E-state index contributed by atoms with van der Waals surface area (Å²) in [5, 5.41) is 3.16. The predicted octanol–water partition coefficient (Wildman–Crippen LogP) is 4.43. The van der Waals surface area contributed by atoms with Crippen molar-refractivity contribution in [1.29, 1.82) is 0 Å². The number of hydrogen-bond acceptors (Lipinski definition) is 4. The summed E-state index contributed by atoms with van der Waals surface area (Å²) in [4.78, 5) is 31.6. The van der Waals surface area contributed by atoms with Crippen LogP contribution in [0.15, 0.2) is 47.5 Å². The molecule has 0 saturated carbocycles. The van der Waals surface area contributed by atoms with E-state index in [0.29, 0.717) is 5.56 Å². The maximum atomic E-state index is 13.2. The first-order valence-corrected chi connectivity index (χ1v) is 10.9. The highest BCUT2D eigenvalue weighted by Gasteiger charge is 2.38. The number of guanidine groups is 1. The molecular formula is C24H28ClFN4O2. The van der Waals surface area contributed by atoms with Crippen LogP contribution in [0.25, 0.3) is 0 Å². The van der Waals surface area contributed by atoms with Crippen molar-refractivity contribution in [2.45, 2.75) is 52.2 Å². The van der Waals surface area contributed by atoms with Crippen molar-refractivity contribution in [2.75, 3.05) is 0 Å². The van der Waals surface area contributed by atoms with Crippen molar-refractivity contribution in [3.8, 4) is 0 Å². The topological polar surface area (TPSA) is 87.8 Å². The number of amides is 2. The lowest BCUT2D eigenvalue weighted by Gasteiger charge is -2.37. The van der Waals surface area contributed by atoms with Gasteiger partial charge in [0.1, 0.15) is 5.82 Å². The number of rotatable bonds is 6. The van der Waals surface area contributed by atoms with Crippen LogP contribution in [0.1, 0.15) is 61.6 Å². The molecule has 1 heterocycles. The Hall–Kier alpha value is -2.93. The number of nitrogens with zero attached hydrogens (tertiary/aromatic N) is 2. The number of halogens is 2. The Balaban J connectivity index is 1.78. The maximum Gasteiger partial charge on any atom is 0.253 e. The van der Waals surface area contributed by atoms with Gasteiger partial charge in [-0.3, -0.25) is 14.5 Å². The lowest BCUT2D eigenvalue weighted by molar-refractivity contribution is -0.130. The van der Waals surface area contributed by atoms with Gasteiger partial charge in [0.15, 0.2) is 5.96 Å². The van der Waals surface area contributed by atoms with Crippen molar-refractivity contribution >= 4 is 29.4 Å². The van der Waals surface area contributed by atoms with Crippen LogP contribution in [0.2, 0.25) is 5.02 Å². The summed E-state index contributed by atoms with van der Waals surface area (Å²) < 4.78 is 13.2. The highest BCUT2D eigenvalue weighted by atomic mass is 35.5. The van der Waals surface area contributed by atoms with Gasteiger partial charge in [0.2, 0.25) is 5.91 Å². The molecule has 1 aliphatic rings. The fourth-order valence-corrected chi connectivity index (χ4v) is 3.73. The summed E-state index contributed by atoms with van der Waals surface area (Å²) in [5.41, 5.74) is 7.35. The summed E-state index contributed by atoms with van der Waals surface area (Å²) in [6.45, 7) is 7.94. The molecule has 0 bridgehead atoms. The van der Waals surface area contributed by atoms with E-state index in [-0.39, 0.29) is 59.1 Å². The van der Waals surface area contributed by atoms with E-state index in [9.17, 15) is 14.0 Å². The minimum absolute atomic E-state index is 0.111. The van der Waals surface area contributed by atoms with E-state index in [1.165, 1.54) is 17.0 Å². The average Bonchev–Trinajstić information content (AvgIpc) is 2.72. The van der Waals surface area contributed by atoms with Gasteiger partial charge in [0, 0.05) is 0 Å². The minimum atomic E-state index is -0.529. The zero-order valence-corrected chi connectivity index (χ0v) is 19.4. The molecule has 32 heavy (non-hydrogen) atoms. The van der Waals surface area contributed by atoms with Gasteiger partial charge in [-0.2, -0.15) is 0 Å². The van der Waals surface area contributed by atoms with E-state index >= 15 is 0 Å². The van der Waals surface area contributed by atoms with E-state index in [4.69, 9.17) is 17.3 Å². The fourth-order valence-electron chi connectivity index (χ4n) is 3.53. The molecular weight excluding hydrogens is 431 g/mol. The lowest BCUT2D eigenvalue weighted by Crippen LogP contribution is -2.51. The Morgan fingerprint density at radius 2 is 1.91 bits per heavy atom. The number of nitrogens with one attached hydrogen (secondary N) is 1. The van der Waals surface area contributed by atoms with Gasteiger partial charge >= 0.3 is 0 Å². The monoisotopic (exact) mass is 458 g/mol. The summed E-state index contributed by atoms with van der Waals surface area (Å²) in [6, 6.07) is 10.6. The largest absolute Gasteiger partial charge is 0.369 e. The molecule has 170 valence electrons. The number of carbonyl (C=O) groups excluding carboxylic acids is 2. The number of benzene rings is 2. The van der Waals surface area contributed by atoms with E-state index in [0.717, 1.165) is 5.56 Å². The Bertz CT molecular complexity index is 1050. The average molecular weight is 459 g/mol. The molecule has 2 amide bonds. The zero-order valence-electron chi connectivity index (χ0n) is 18.7. The molecule has 2 atom stereocenters. The second-order valence-electron chi connectivity index (χ2n) is 8.70. The van der Waals surface area contributed by atoms with E-state index in [1.54, 1.807) is 37.3 Å². The number of carbonyl (C=O) groups is 2. The molecule has 0 aromatic heterocycles. The van der Waals surface area contributed by atoms with Gasteiger partial charge in [0.25, 0.3) is 5.91 Å². The van der Waals surface area contributed by atoms with Crippen molar-refractivity contribution in [1.82, 2.24) is 10.2 Å². The van der Waals surface area contributed by atoms with Crippen molar-refractivity contribution in [3.63, 3.8) is 0 Å². The third-order valence-electron chi connectivity index (χ3n) is 6.03. The van der Waals surface area contributed by atoms with Gasteiger partial charge in [0.05, 0.1) is 35.1 Å². The Kier molecular flexibility index (Phi) is 6.88. The molecule has 0 aliphatic carbocycles.